The average Bonchev–Trinajstić information content (AvgIpc) is 2.54. The first-order chi connectivity index (χ1) is 8.88. The fourth-order valence-electron chi connectivity index (χ4n) is 2.81. The SMILES string of the molecule is CC(C)(C)C1CCCN(c2ncc(Cl)cc2F)CC1. The van der Waals surface area contributed by atoms with Crippen molar-refractivity contribution in [2.75, 3.05) is 18.0 Å². The van der Waals surface area contributed by atoms with Gasteiger partial charge in [-0.05, 0) is 36.7 Å². The lowest BCUT2D eigenvalue weighted by molar-refractivity contribution is 0.220. The molecule has 1 aromatic rings. The summed E-state index contributed by atoms with van der Waals surface area (Å²) in [7, 11) is 0. The van der Waals surface area contributed by atoms with E-state index in [1.54, 1.807) is 0 Å². The Labute approximate surface area is 120 Å². The quantitative estimate of drug-likeness (QED) is 0.753. The van der Waals surface area contributed by atoms with Crippen LogP contribution in [0.25, 0.3) is 0 Å². The Morgan fingerprint density at radius 2 is 2.05 bits per heavy atom. The summed E-state index contributed by atoms with van der Waals surface area (Å²) in [5.74, 6) is 0.813. The minimum atomic E-state index is -0.318. The van der Waals surface area contributed by atoms with E-state index in [9.17, 15) is 4.39 Å². The van der Waals surface area contributed by atoms with Crippen molar-refractivity contribution in [1.82, 2.24) is 4.98 Å². The monoisotopic (exact) mass is 284 g/mol. The van der Waals surface area contributed by atoms with Crippen LogP contribution in [0.4, 0.5) is 10.2 Å². The van der Waals surface area contributed by atoms with Crippen LogP contribution in [-0.2, 0) is 0 Å². The van der Waals surface area contributed by atoms with Gasteiger partial charge in [0.1, 0.15) is 0 Å². The van der Waals surface area contributed by atoms with E-state index in [2.05, 4.69) is 30.7 Å². The highest BCUT2D eigenvalue weighted by Gasteiger charge is 2.28. The van der Waals surface area contributed by atoms with Crippen LogP contribution in [0.5, 0.6) is 0 Å². The average molecular weight is 285 g/mol. The molecule has 1 fully saturated rings. The van der Waals surface area contributed by atoms with E-state index >= 15 is 0 Å². The summed E-state index contributed by atoms with van der Waals surface area (Å²) in [5, 5.41) is 0.351. The second-order valence-corrected chi connectivity index (χ2v) is 6.88. The highest BCUT2D eigenvalue weighted by atomic mass is 35.5. The number of halogens is 2. The Morgan fingerprint density at radius 3 is 2.68 bits per heavy atom. The van der Waals surface area contributed by atoms with Crippen molar-refractivity contribution in [3.8, 4) is 0 Å². The third-order valence-electron chi connectivity index (χ3n) is 4.04. The zero-order valence-electron chi connectivity index (χ0n) is 11.9. The zero-order chi connectivity index (χ0) is 14.0. The molecule has 0 saturated carbocycles. The van der Waals surface area contributed by atoms with Crippen molar-refractivity contribution in [1.29, 1.82) is 0 Å². The summed E-state index contributed by atoms with van der Waals surface area (Å²) in [6.45, 7) is 8.60. The predicted molar refractivity (Wildman–Crippen MR) is 78.2 cm³/mol. The zero-order valence-corrected chi connectivity index (χ0v) is 12.7. The van der Waals surface area contributed by atoms with Crippen LogP contribution in [0.2, 0.25) is 5.02 Å². The molecular weight excluding hydrogens is 263 g/mol. The number of pyridine rings is 1. The number of anilines is 1. The molecule has 106 valence electrons. The minimum absolute atomic E-state index is 0.318. The van der Waals surface area contributed by atoms with Gasteiger partial charge in [-0.2, -0.15) is 0 Å². The van der Waals surface area contributed by atoms with E-state index in [0.717, 1.165) is 25.9 Å². The summed E-state index contributed by atoms with van der Waals surface area (Å²) < 4.78 is 13.9. The topological polar surface area (TPSA) is 16.1 Å². The maximum Gasteiger partial charge on any atom is 0.167 e. The molecule has 19 heavy (non-hydrogen) atoms. The number of hydrogen-bond acceptors (Lipinski definition) is 2. The lowest BCUT2D eigenvalue weighted by Gasteiger charge is -2.30. The highest BCUT2D eigenvalue weighted by molar-refractivity contribution is 6.30. The molecule has 2 rings (SSSR count). The molecular formula is C15H22ClFN2. The Bertz CT molecular complexity index is 442. The summed E-state index contributed by atoms with van der Waals surface area (Å²) >= 11 is 5.75. The third-order valence-corrected chi connectivity index (χ3v) is 4.25. The van der Waals surface area contributed by atoms with Gasteiger partial charge in [0.15, 0.2) is 11.6 Å². The summed E-state index contributed by atoms with van der Waals surface area (Å²) in [6, 6.07) is 1.34. The molecule has 4 heteroatoms. The van der Waals surface area contributed by atoms with Crippen molar-refractivity contribution in [3.63, 3.8) is 0 Å². The van der Waals surface area contributed by atoms with E-state index in [1.807, 2.05) is 0 Å². The highest BCUT2D eigenvalue weighted by Crippen LogP contribution is 2.35. The van der Waals surface area contributed by atoms with E-state index in [4.69, 9.17) is 11.6 Å². The lowest BCUT2D eigenvalue weighted by Crippen LogP contribution is -2.27. The number of nitrogens with zero attached hydrogens (tertiary/aromatic N) is 2. The molecule has 1 unspecified atom stereocenters. The smallest absolute Gasteiger partial charge is 0.167 e. The van der Waals surface area contributed by atoms with Gasteiger partial charge in [-0.15, -0.1) is 0 Å². The second-order valence-electron chi connectivity index (χ2n) is 6.44. The minimum Gasteiger partial charge on any atom is -0.354 e. The molecule has 1 aliphatic heterocycles. The van der Waals surface area contributed by atoms with Gasteiger partial charge in [0.25, 0.3) is 0 Å². The molecule has 2 nitrogen and oxygen atoms in total. The van der Waals surface area contributed by atoms with Crippen LogP contribution in [0.15, 0.2) is 12.3 Å². The maximum atomic E-state index is 13.9. The van der Waals surface area contributed by atoms with Crippen LogP contribution in [0.3, 0.4) is 0 Å². The standard InChI is InChI=1S/C15H22ClFN2/c1-15(2,3)11-5-4-7-19(8-6-11)14-13(17)9-12(16)10-18-14/h9-11H,4-8H2,1-3H3. The molecule has 0 N–H and O–H groups in total. The summed E-state index contributed by atoms with van der Waals surface area (Å²) in [5.41, 5.74) is 0.321. The fraction of sp³-hybridized carbons (Fsp3) is 0.667. The molecule has 0 aliphatic carbocycles. The first-order valence-corrected chi connectivity index (χ1v) is 7.31. The van der Waals surface area contributed by atoms with E-state index in [0.29, 0.717) is 22.2 Å². The van der Waals surface area contributed by atoms with Gasteiger partial charge in [0.05, 0.1) is 5.02 Å². The van der Waals surface area contributed by atoms with Gasteiger partial charge in [-0.25, -0.2) is 9.37 Å². The van der Waals surface area contributed by atoms with E-state index in [-0.39, 0.29) is 5.82 Å². The Hall–Kier alpha value is -0.830. The molecule has 1 saturated heterocycles. The van der Waals surface area contributed by atoms with Crippen molar-refractivity contribution < 1.29 is 4.39 Å². The molecule has 0 aromatic carbocycles. The van der Waals surface area contributed by atoms with Crippen LogP contribution in [0.1, 0.15) is 40.0 Å². The Kier molecular flexibility index (Phi) is 4.34. The lowest BCUT2D eigenvalue weighted by atomic mass is 9.77. The molecule has 0 amide bonds. The van der Waals surface area contributed by atoms with Gasteiger partial charge >= 0.3 is 0 Å². The van der Waals surface area contributed by atoms with Crippen molar-refractivity contribution in [2.45, 2.75) is 40.0 Å². The van der Waals surface area contributed by atoms with Crippen molar-refractivity contribution >= 4 is 17.4 Å². The molecule has 0 bridgehead atoms. The molecule has 2 heterocycles. The van der Waals surface area contributed by atoms with Crippen LogP contribution in [0, 0.1) is 17.2 Å². The molecule has 1 atom stereocenters. The van der Waals surface area contributed by atoms with Gasteiger partial charge in [0, 0.05) is 19.3 Å². The first kappa shape index (κ1) is 14.6. The van der Waals surface area contributed by atoms with Gasteiger partial charge in [-0.1, -0.05) is 32.4 Å². The number of aromatic nitrogens is 1. The van der Waals surface area contributed by atoms with Crippen LogP contribution in [-0.4, -0.2) is 18.1 Å². The summed E-state index contributed by atoms with van der Waals surface area (Å²) in [6.07, 6.45) is 4.90. The maximum absolute atomic E-state index is 13.9. The largest absolute Gasteiger partial charge is 0.354 e. The van der Waals surface area contributed by atoms with E-state index < -0.39 is 0 Å². The predicted octanol–water partition coefficient (Wildman–Crippen LogP) is 4.53. The molecule has 0 spiro atoms. The fourth-order valence-corrected chi connectivity index (χ4v) is 2.96. The number of rotatable bonds is 1. The van der Waals surface area contributed by atoms with Gasteiger partial charge in [-0.3, -0.25) is 0 Å². The molecule has 1 aliphatic rings. The summed E-state index contributed by atoms with van der Waals surface area (Å²) in [4.78, 5) is 6.20. The van der Waals surface area contributed by atoms with Gasteiger partial charge in [0.2, 0.25) is 0 Å². The van der Waals surface area contributed by atoms with Crippen molar-refractivity contribution in [3.05, 3.63) is 23.1 Å². The second kappa shape index (κ2) is 5.66. The van der Waals surface area contributed by atoms with Crippen LogP contribution < -0.4 is 4.90 Å². The normalized spacial score (nSPS) is 21.3. The van der Waals surface area contributed by atoms with Crippen LogP contribution >= 0.6 is 11.6 Å². The third kappa shape index (κ3) is 3.59. The Morgan fingerprint density at radius 1 is 1.32 bits per heavy atom. The van der Waals surface area contributed by atoms with Gasteiger partial charge < -0.3 is 4.90 Å². The first-order valence-electron chi connectivity index (χ1n) is 6.94. The molecule has 1 aromatic heterocycles. The number of hydrogen-bond donors (Lipinski definition) is 0. The van der Waals surface area contributed by atoms with Crippen molar-refractivity contribution in [2.24, 2.45) is 11.3 Å². The van der Waals surface area contributed by atoms with E-state index in [1.165, 1.54) is 18.7 Å². The Balaban J connectivity index is 2.11. The molecule has 0 radical (unpaired) electrons.